The third-order valence-corrected chi connectivity index (χ3v) is 1.43. The smallest absolute Gasteiger partial charge is 0.118 e. The third-order valence-electron chi connectivity index (χ3n) is 1.43. The second-order valence-electron chi connectivity index (χ2n) is 2.36. The number of hydrogen-bond acceptors (Lipinski definition) is 2. The van der Waals surface area contributed by atoms with E-state index < -0.39 is 0 Å². The molecular formula is C9H12NO. The van der Waals surface area contributed by atoms with Crippen LogP contribution in [0.5, 0.6) is 0 Å². The maximum Gasteiger partial charge on any atom is 0.118 e. The lowest BCUT2D eigenvalue weighted by atomic mass is 10.3. The average Bonchev–Trinajstić information content (AvgIpc) is 2.07. The van der Waals surface area contributed by atoms with E-state index in [-0.39, 0.29) is 0 Å². The van der Waals surface area contributed by atoms with Crippen LogP contribution >= 0.6 is 0 Å². The van der Waals surface area contributed by atoms with E-state index in [1.54, 1.807) is 7.11 Å². The minimum absolute atomic E-state index is 0.598. The maximum absolute atomic E-state index is 4.96. The van der Waals surface area contributed by atoms with Gasteiger partial charge in [-0.25, -0.2) is 0 Å². The average molecular weight is 150 g/mol. The lowest BCUT2D eigenvalue weighted by molar-refractivity contribution is 0.202. The van der Waals surface area contributed by atoms with Gasteiger partial charge in [-0.2, -0.15) is 0 Å². The molecule has 2 nitrogen and oxygen atoms in total. The Morgan fingerprint density at radius 1 is 1.55 bits per heavy atom. The maximum atomic E-state index is 4.96. The molecule has 0 aliphatic carbocycles. The Morgan fingerprint density at radius 2 is 2.36 bits per heavy atom. The molecule has 0 aliphatic rings. The van der Waals surface area contributed by atoms with Gasteiger partial charge in [0.1, 0.15) is 6.73 Å². The Balaban J connectivity index is 2.61. The van der Waals surface area contributed by atoms with Crippen LogP contribution in [-0.4, -0.2) is 20.9 Å². The molecule has 0 atom stereocenters. The van der Waals surface area contributed by atoms with Crippen LogP contribution in [0.3, 0.4) is 0 Å². The van der Waals surface area contributed by atoms with Crippen molar-refractivity contribution in [1.29, 1.82) is 0 Å². The quantitative estimate of drug-likeness (QED) is 0.606. The van der Waals surface area contributed by atoms with E-state index in [1.807, 2.05) is 36.2 Å². The number of benzene rings is 1. The molecule has 0 saturated heterocycles. The van der Waals surface area contributed by atoms with Crippen LogP contribution in [-0.2, 0) is 4.74 Å². The predicted octanol–water partition coefficient (Wildman–Crippen LogP) is 1.53. The fourth-order valence-corrected chi connectivity index (χ4v) is 0.884. The van der Waals surface area contributed by atoms with Gasteiger partial charge in [0.25, 0.3) is 0 Å². The normalized spacial score (nSPS) is 9.64. The van der Waals surface area contributed by atoms with Crippen molar-refractivity contribution in [3.8, 4) is 0 Å². The molecule has 59 valence electrons. The molecule has 1 radical (unpaired) electrons. The van der Waals surface area contributed by atoms with Crippen LogP contribution in [0.15, 0.2) is 24.3 Å². The number of para-hydroxylation sites is 1. The zero-order valence-electron chi connectivity index (χ0n) is 6.87. The highest BCUT2D eigenvalue weighted by atomic mass is 16.5. The molecule has 2 heteroatoms. The van der Waals surface area contributed by atoms with Crippen LogP contribution in [0.25, 0.3) is 0 Å². The van der Waals surface area contributed by atoms with Crippen LogP contribution in [0.1, 0.15) is 0 Å². The van der Waals surface area contributed by atoms with E-state index in [0.717, 1.165) is 5.69 Å². The Labute approximate surface area is 67.4 Å². The molecule has 1 rings (SSSR count). The van der Waals surface area contributed by atoms with E-state index in [9.17, 15) is 0 Å². The summed E-state index contributed by atoms with van der Waals surface area (Å²) < 4.78 is 4.96. The van der Waals surface area contributed by atoms with Gasteiger partial charge in [-0.1, -0.05) is 18.2 Å². The van der Waals surface area contributed by atoms with E-state index in [1.165, 1.54) is 0 Å². The van der Waals surface area contributed by atoms with Gasteiger partial charge in [0.05, 0.1) is 0 Å². The predicted molar refractivity (Wildman–Crippen MR) is 45.6 cm³/mol. The van der Waals surface area contributed by atoms with Crippen molar-refractivity contribution in [2.45, 2.75) is 0 Å². The molecule has 0 spiro atoms. The highest BCUT2D eigenvalue weighted by Gasteiger charge is 1.96. The number of ether oxygens (including phenoxy) is 1. The largest absolute Gasteiger partial charge is 0.364 e. The van der Waals surface area contributed by atoms with Crippen LogP contribution in [0.4, 0.5) is 5.69 Å². The van der Waals surface area contributed by atoms with Gasteiger partial charge in [0.2, 0.25) is 0 Å². The van der Waals surface area contributed by atoms with Crippen LogP contribution in [0.2, 0.25) is 0 Å². The molecule has 0 aromatic heterocycles. The summed E-state index contributed by atoms with van der Waals surface area (Å²) in [5.74, 6) is 0. The van der Waals surface area contributed by atoms with Gasteiger partial charge < -0.3 is 9.64 Å². The number of nitrogens with zero attached hydrogens (tertiary/aromatic N) is 1. The number of anilines is 1. The highest BCUT2D eigenvalue weighted by molar-refractivity contribution is 5.43. The summed E-state index contributed by atoms with van der Waals surface area (Å²) in [6.45, 7) is 0.598. The van der Waals surface area contributed by atoms with Gasteiger partial charge >= 0.3 is 0 Å². The first kappa shape index (κ1) is 8.08. The standard InChI is InChI=1S/C9H12NO/c1-10(8-11-2)9-6-4-3-5-7-9/h3-6H,8H2,1-2H3. The van der Waals surface area contributed by atoms with Crippen molar-refractivity contribution in [3.63, 3.8) is 0 Å². The first-order valence-electron chi connectivity index (χ1n) is 3.51. The van der Waals surface area contributed by atoms with Gasteiger partial charge in [-0.3, -0.25) is 0 Å². The second kappa shape index (κ2) is 3.98. The van der Waals surface area contributed by atoms with E-state index in [4.69, 9.17) is 4.74 Å². The summed E-state index contributed by atoms with van der Waals surface area (Å²) in [4.78, 5) is 1.99. The van der Waals surface area contributed by atoms with E-state index in [2.05, 4.69) is 6.07 Å². The molecule has 0 amide bonds. The lowest BCUT2D eigenvalue weighted by Crippen LogP contribution is -2.19. The molecule has 0 bridgehead atoms. The molecule has 1 aromatic carbocycles. The number of rotatable bonds is 3. The molecular weight excluding hydrogens is 138 g/mol. The monoisotopic (exact) mass is 150 g/mol. The first-order chi connectivity index (χ1) is 5.34. The Hall–Kier alpha value is -1.02. The summed E-state index contributed by atoms with van der Waals surface area (Å²) in [5.41, 5.74) is 1.05. The fourth-order valence-electron chi connectivity index (χ4n) is 0.884. The van der Waals surface area contributed by atoms with Gasteiger partial charge in [-0.05, 0) is 6.07 Å². The van der Waals surface area contributed by atoms with Gasteiger partial charge in [0, 0.05) is 25.9 Å². The molecule has 0 fully saturated rings. The van der Waals surface area contributed by atoms with Crippen LogP contribution < -0.4 is 4.90 Å². The number of methoxy groups -OCH3 is 1. The minimum atomic E-state index is 0.598. The summed E-state index contributed by atoms with van der Waals surface area (Å²) in [6, 6.07) is 10.9. The Morgan fingerprint density at radius 3 is 2.91 bits per heavy atom. The molecule has 0 unspecified atom stereocenters. The van der Waals surface area contributed by atoms with Crippen molar-refractivity contribution in [2.24, 2.45) is 0 Å². The molecule has 0 N–H and O–H groups in total. The highest BCUT2D eigenvalue weighted by Crippen LogP contribution is 2.08. The third kappa shape index (κ3) is 2.24. The zero-order valence-corrected chi connectivity index (χ0v) is 6.87. The van der Waals surface area contributed by atoms with Crippen molar-refractivity contribution in [3.05, 3.63) is 30.3 Å². The lowest BCUT2D eigenvalue weighted by Gasteiger charge is -2.16. The van der Waals surface area contributed by atoms with Crippen molar-refractivity contribution in [2.75, 3.05) is 25.8 Å². The molecule has 0 heterocycles. The minimum Gasteiger partial charge on any atom is -0.364 e. The zero-order chi connectivity index (χ0) is 8.10. The number of hydrogen-bond donors (Lipinski definition) is 0. The molecule has 1 aromatic rings. The Bertz CT molecular complexity index is 198. The van der Waals surface area contributed by atoms with Crippen LogP contribution in [0, 0.1) is 6.07 Å². The topological polar surface area (TPSA) is 12.5 Å². The molecule has 0 aliphatic heterocycles. The summed E-state index contributed by atoms with van der Waals surface area (Å²) >= 11 is 0. The molecule has 0 saturated carbocycles. The van der Waals surface area contributed by atoms with Gasteiger partial charge in [-0.15, -0.1) is 0 Å². The van der Waals surface area contributed by atoms with Crippen molar-refractivity contribution < 1.29 is 4.74 Å². The van der Waals surface area contributed by atoms with E-state index >= 15 is 0 Å². The van der Waals surface area contributed by atoms with Crippen molar-refractivity contribution >= 4 is 5.69 Å². The summed E-state index contributed by atoms with van der Waals surface area (Å²) in [5, 5.41) is 0. The SMILES string of the molecule is COCN(C)c1[c]cccc1. The first-order valence-corrected chi connectivity index (χ1v) is 3.51. The van der Waals surface area contributed by atoms with E-state index in [0.29, 0.717) is 6.73 Å². The van der Waals surface area contributed by atoms with Crippen molar-refractivity contribution in [1.82, 2.24) is 0 Å². The summed E-state index contributed by atoms with van der Waals surface area (Å²) in [6.07, 6.45) is 0. The molecule has 11 heavy (non-hydrogen) atoms. The second-order valence-corrected chi connectivity index (χ2v) is 2.36. The van der Waals surface area contributed by atoms with Gasteiger partial charge in [0.15, 0.2) is 0 Å². The fraction of sp³-hybridized carbons (Fsp3) is 0.333. The summed E-state index contributed by atoms with van der Waals surface area (Å²) in [7, 11) is 3.65. The Kier molecular flexibility index (Phi) is 2.93.